The zero-order valence-corrected chi connectivity index (χ0v) is 26.5. The van der Waals surface area contributed by atoms with Gasteiger partial charge in [-0.2, -0.15) is 0 Å². The Morgan fingerprint density at radius 3 is 1.98 bits per heavy atom. The Morgan fingerprint density at radius 2 is 1.43 bits per heavy atom. The Bertz CT molecular complexity index is 1540. The Hall–Kier alpha value is -4.46. The summed E-state index contributed by atoms with van der Waals surface area (Å²) < 4.78 is 0. The molecule has 3 aromatic carbocycles. The first kappa shape index (κ1) is 32.5. The third-order valence-electron chi connectivity index (χ3n) is 9.12. The molecule has 0 saturated heterocycles. The van der Waals surface area contributed by atoms with E-state index < -0.39 is 29.4 Å². The molecule has 8 heteroatoms. The lowest BCUT2D eigenvalue weighted by Crippen LogP contribution is -2.58. The topological polar surface area (TPSA) is 125 Å². The van der Waals surface area contributed by atoms with Crippen molar-refractivity contribution in [1.29, 1.82) is 0 Å². The highest BCUT2D eigenvalue weighted by Crippen LogP contribution is 2.52. The predicted molar refractivity (Wildman–Crippen MR) is 174 cm³/mol. The van der Waals surface area contributed by atoms with Crippen molar-refractivity contribution in [2.45, 2.75) is 79.7 Å². The number of carboxylic acids is 1. The number of amides is 3. The van der Waals surface area contributed by atoms with Gasteiger partial charge in [0.15, 0.2) is 0 Å². The van der Waals surface area contributed by atoms with Crippen molar-refractivity contribution in [3.8, 4) is 11.1 Å². The van der Waals surface area contributed by atoms with Crippen LogP contribution in [0.15, 0.2) is 54.6 Å². The maximum Gasteiger partial charge on any atom is 0.326 e. The van der Waals surface area contributed by atoms with Crippen molar-refractivity contribution in [2.24, 2.45) is 10.8 Å². The van der Waals surface area contributed by atoms with E-state index in [1.165, 1.54) is 0 Å². The smallest absolute Gasteiger partial charge is 0.326 e. The molecule has 4 rings (SSSR count). The average Bonchev–Trinajstić information content (AvgIpc) is 2.97. The van der Waals surface area contributed by atoms with Gasteiger partial charge in [0.1, 0.15) is 12.3 Å². The standard InChI is InChI=1S/C36H43N3O5/c1-22-18-23(2)30(24(3)19-22)38-34(44)37-29-20-27(26-12-10-25(21-40)11-13-26)14-15-28(29)32(41)39-31(33(42)43)36(35(4,5)6)16-8-7-9-17-36/h10-15,18-21,31H,7-9,16-17H2,1-6H3,(H,39,41)(H,42,43)(H2,37,38,44)/t31-/m1/s1. The molecule has 8 nitrogen and oxygen atoms in total. The molecule has 0 aromatic heterocycles. The molecule has 3 amide bonds. The molecule has 0 aliphatic heterocycles. The molecule has 0 bridgehead atoms. The molecule has 0 radical (unpaired) electrons. The van der Waals surface area contributed by atoms with Crippen molar-refractivity contribution in [3.05, 3.63) is 82.4 Å². The second-order valence-electron chi connectivity index (χ2n) is 13.1. The third kappa shape index (κ3) is 6.85. The number of hydrogen-bond acceptors (Lipinski definition) is 4. The Balaban J connectivity index is 1.72. The van der Waals surface area contributed by atoms with Crippen LogP contribution >= 0.6 is 0 Å². The fourth-order valence-corrected chi connectivity index (χ4v) is 6.72. The molecular formula is C36H43N3O5. The van der Waals surface area contributed by atoms with E-state index in [2.05, 4.69) is 16.0 Å². The number of nitrogens with one attached hydrogen (secondary N) is 3. The van der Waals surface area contributed by atoms with Crippen LogP contribution < -0.4 is 16.0 Å². The highest BCUT2D eigenvalue weighted by Gasteiger charge is 2.52. The van der Waals surface area contributed by atoms with Gasteiger partial charge in [-0.1, -0.05) is 88.1 Å². The maximum absolute atomic E-state index is 13.9. The second kappa shape index (κ2) is 13.0. The lowest BCUT2D eigenvalue weighted by molar-refractivity contribution is -0.148. The Labute approximate surface area is 259 Å². The van der Waals surface area contributed by atoms with E-state index in [0.717, 1.165) is 47.8 Å². The first-order chi connectivity index (χ1) is 20.8. The summed E-state index contributed by atoms with van der Waals surface area (Å²) >= 11 is 0. The lowest BCUT2D eigenvalue weighted by atomic mass is 9.55. The van der Waals surface area contributed by atoms with Crippen LogP contribution in [0.25, 0.3) is 11.1 Å². The van der Waals surface area contributed by atoms with Crippen LogP contribution in [0, 0.1) is 31.6 Å². The second-order valence-corrected chi connectivity index (χ2v) is 13.1. The van der Waals surface area contributed by atoms with Crippen LogP contribution in [0.4, 0.5) is 16.2 Å². The van der Waals surface area contributed by atoms with Crippen molar-refractivity contribution >= 4 is 35.6 Å². The van der Waals surface area contributed by atoms with Crippen molar-refractivity contribution in [3.63, 3.8) is 0 Å². The molecular weight excluding hydrogens is 554 g/mol. The summed E-state index contributed by atoms with van der Waals surface area (Å²) in [5, 5.41) is 19.0. The molecule has 1 saturated carbocycles. The number of hydrogen-bond donors (Lipinski definition) is 4. The van der Waals surface area contributed by atoms with Gasteiger partial charge < -0.3 is 21.1 Å². The van der Waals surface area contributed by atoms with E-state index in [4.69, 9.17) is 0 Å². The zero-order valence-electron chi connectivity index (χ0n) is 26.5. The first-order valence-electron chi connectivity index (χ1n) is 15.1. The largest absolute Gasteiger partial charge is 0.480 e. The molecule has 44 heavy (non-hydrogen) atoms. The average molecular weight is 598 g/mol. The van der Waals surface area contributed by atoms with Gasteiger partial charge in [0.2, 0.25) is 0 Å². The van der Waals surface area contributed by atoms with E-state index in [9.17, 15) is 24.3 Å². The van der Waals surface area contributed by atoms with Gasteiger partial charge >= 0.3 is 12.0 Å². The number of aryl methyl sites for hydroxylation is 3. The number of carbonyl (C=O) groups excluding carboxylic acids is 3. The SMILES string of the molecule is Cc1cc(C)c(NC(=O)Nc2cc(-c3ccc(C=O)cc3)ccc2C(=O)N[C@H](C(=O)O)C2(C(C)(C)C)CCCCC2)c(C)c1. The van der Waals surface area contributed by atoms with E-state index in [0.29, 0.717) is 29.7 Å². The van der Waals surface area contributed by atoms with Crippen LogP contribution in [0.2, 0.25) is 0 Å². The summed E-state index contributed by atoms with van der Waals surface area (Å²) in [4.78, 5) is 51.2. The van der Waals surface area contributed by atoms with Crippen LogP contribution in [0.5, 0.6) is 0 Å². The van der Waals surface area contributed by atoms with Gasteiger partial charge in [0.25, 0.3) is 5.91 Å². The van der Waals surface area contributed by atoms with Gasteiger partial charge in [0.05, 0.1) is 11.3 Å². The minimum absolute atomic E-state index is 0.150. The van der Waals surface area contributed by atoms with Crippen LogP contribution in [-0.4, -0.2) is 35.3 Å². The van der Waals surface area contributed by atoms with Crippen LogP contribution in [0.1, 0.15) is 90.3 Å². The first-order valence-corrected chi connectivity index (χ1v) is 15.1. The summed E-state index contributed by atoms with van der Waals surface area (Å²) in [6.07, 6.45) is 5.01. The molecule has 0 unspecified atom stereocenters. The van der Waals surface area contributed by atoms with Gasteiger partial charge in [-0.3, -0.25) is 9.59 Å². The number of rotatable bonds is 8. The molecule has 1 aliphatic carbocycles. The highest BCUT2D eigenvalue weighted by molar-refractivity contribution is 6.08. The number of anilines is 2. The predicted octanol–water partition coefficient (Wildman–Crippen LogP) is 7.91. The molecule has 1 atom stereocenters. The number of aliphatic carboxylic acids is 1. The van der Waals surface area contributed by atoms with Crippen LogP contribution in [-0.2, 0) is 4.79 Å². The van der Waals surface area contributed by atoms with E-state index in [1.54, 1.807) is 42.5 Å². The van der Waals surface area contributed by atoms with Crippen molar-refractivity contribution in [2.75, 3.05) is 10.6 Å². The summed E-state index contributed by atoms with van der Waals surface area (Å²) in [6.45, 7) is 11.9. The Kier molecular flexibility index (Phi) is 9.62. The normalized spacial score (nSPS) is 15.1. The van der Waals surface area contributed by atoms with Gasteiger partial charge in [-0.25, -0.2) is 9.59 Å². The van der Waals surface area contributed by atoms with Gasteiger partial charge in [-0.05, 0) is 73.4 Å². The molecule has 0 spiro atoms. The number of carboxylic acid groups (broad SMARTS) is 1. The summed E-state index contributed by atoms with van der Waals surface area (Å²) in [6, 6.07) is 14.3. The molecule has 4 N–H and O–H groups in total. The molecule has 232 valence electrons. The fraction of sp³-hybridized carbons (Fsp3) is 0.389. The molecule has 1 aliphatic rings. The zero-order chi connectivity index (χ0) is 32.2. The van der Waals surface area contributed by atoms with Gasteiger partial charge in [-0.15, -0.1) is 0 Å². The maximum atomic E-state index is 13.9. The minimum Gasteiger partial charge on any atom is -0.480 e. The molecule has 0 heterocycles. The fourth-order valence-electron chi connectivity index (χ4n) is 6.72. The van der Waals surface area contributed by atoms with E-state index in [1.807, 2.05) is 53.7 Å². The van der Waals surface area contributed by atoms with Crippen molar-refractivity contribution < 1.29 is 24.3 Å². The summed E-state index contributed by atoms with van der Waals surface area (Å²) in [7, 11) is 0. The monoisotopic (exact) mass is 597 g/mol. The summed E-state index contributed by atoms with van der Waals surface area (Å²) in [5.74, 6) is -1.65. The molecule has 1 fully saturated rings. The number of urea groups is 1. The summed E-state index contributed by atoms with van der Waals surface area (Å²) in [5.41, 5.74) is 4.99. The minimum atomic E-state index is -1.11. The van der Waals surface area contributed by atoms with Crippen molar-refractivity contribution in [1.82, 2.24) is 5.32 Å². The number of benzene rings is 3. The highest BCUT2D eigenvalue weighted by atomic mass is 16.4. The van der Waals surface area contributed by atoms with Crippen LogP contribution in [0.3, 0.4) is 0 Å². The van der Waals surface area contributed by atoms with E-state index >= 15 is 0 Å². The number of aldehydes is 1. The third-order valence-corrected chi connectivity index (χ3v) is 9.12. The molecule has 3 aromatic rings. The lowest BCUT2D eigenvalue weighted by Gasteiger charge is -2.51. The quantitative estimate of drug-likeness (QED) is 0.196. The van der Waals surface area contributed by atoms with Gasteiger partial charge in [0, 0.05) is 16.7 Å². The Morgan fingerprint density at radius 1 is 0.841 bits per heavy atom. The van der Waals surface area contributed by atoms with E-state index in [-0.39, 0.29) is 16.7 Å². The number of carbonyl (C=O) groups is 4.